The number of pyridine rings is 1. The Morgan fingerprint density at radius 3 is 2.36 bits per heavy atom. The van der Waals surface area contributed by atoms with Crippen LogP contribution in [0.15, 0.2) is 22.8 Å². The largest absolute Gasteiger partial charge is 0.338 e. The molecular formula is C6H6BrNO3. The lowest BCUT2D eigenvalue weighted by molar-refractivity contribution is -0.326. The molecule has 0 saturated carbocycles. The Morgan fingerprint density at radius 2 is 2.00 bits per heavy atom. The molecule has 60 valence electrons. The summed E-state index contributed by atoms with van der Waals surface area (Å²) < 4.78 is 0.340. The van der Waals surface area contributed by atoms with E-state index in [1.54, 1.807) is 12.1 Å². The van der Waals surface area contributed by atoms with E-state index in [0.29, 0.717) is 4.47 Å². The summed E-state index contributed by atoms with van der Waals surface area (Å²) in [6, 6.07) is 3.14. The molecule has 0 radical (unpaired) electrons. The van der Waals surface area contributed by atoms with E-state index in [9.17, 15) is 0 Å². The maximum Gasteiger partial charge on any atom is 0.323 e. The third-order valence-electron chi connectivity index (χ3n) is 1.08. The summed E-state index contributed by atoms with van der Waals surface area (Å²) in [7, 11) is 0. The fourth-order valence-electron chi connectivity index (χ4n) is 0.632. The van der Waals surface area contributed by atoms with Crippen LogP contribution in [-0.2, 0) is 5.97 Å². The maximum absolute atomic E-state index is 8.69. The van der Waals surface area contributed by atoms with Crippen molar-refractivity contribution in [2.75, 3.05) is 0 Å². The Kier molecular flexibility index (Phi) is 2.24. The molecule has 0 atom stereocenters. The standard InChI is InChI=1S/C6H6BrNO3/c7-4-2-1-3-8-5(4)6(9,10)11/h1-3,9-11H. The van der Waals surface area contributed by atoms with Gasteiger partial charge in [0.2, 0.25) is 0 Å². The molecule has 0 fully saturated rings. The number of hydrogen-bond acceptors (Lipinski definition) is 4. The Hall–Kier alpha value is -0.490. The quantitative estimate of drug-likeness (QED) is 0.579. The van der Waals surface area contributed by atoms with E-state index in [1.165, 1.54) is 6.20 Å². The highest BCUT2D eigenvalue weighted by atomic mass is 79.9. The van der Waals surface area contributed by atoms with Gasteiger partial charge in [-0.2, -0.15) is 0 Å². The number of rotatable bonds is 1. The zero-order valence-electron chi connectivity index (χ0n) is 5.40. The van der Waals surface area contributed by atoms with Gasteiger partial charge in [-0.3, -0.25) is 4.98 Å². The first-order chi connectivity index (χ1) is 5.02. The Balaban J connectivity index is 3.14. The van der Waals surface area contributed by atoms with Crippen molar-refractivity contribution < 1.29 is 15.3 Å². The van der Waals surface area contributed by atoms with Gasteiger partial charge < -0.3 is 15.3 Å². The van der Waals surface area contributed by atoms with E-state index in [2.05, 4.69) is 20.9 Å². The van der Waals surface area contributed by atoms with Crippen molar-refractivity contribution in [3.8, 4) is 0 Å². The SMILES string of the molecule is OC(O)(O)c1ncccc1Br. The minimum Gasteiger partial charge on any atom is -0.338 e. The summed E-state index contributed by atoms with van der Waals surface area (Å²) in [5.74, 6) is -2.87. The average Bonchev–Trinajstić information content (AvgIpc) is 1.86. The van der Waals surface area contributed by atoms with Gasteiger partial charge in [0.25, 0.3) is 0 Å². The molecule has 0 unspecified atom stereocenters. The van der Waals surface area contributed by atoms with E-state index >= 15 is 0 Å². The fourth-order valence-corrected chi connectivity index (χ4v) is 1.15. The maximum atomic E-state index is 8.69. The second kappa shape index (κ2) is 2.86. The highest BCUT2D eigenvalue weighted by Crippen LogP contribution is 2.21. The molecule has 0 spiro atoms. The van der Waals surface area contributed by atoms with Crippen molar-refractivity contribution in [1.29, 1.82) is 0 Å². The third-order valence-corrected chi connectivity index (χ3v) is 1.72. The summed E-state index contributed by atoms with van der Waals surface area (Å²) in [6.45, 7) is 0. The van der Waals surface area contributed by atoms with Crippen molar-refractivity contribution in [2.45, 2.75) is 5.97 Å². The van der Waals surface area contributed by atoms with E-state index < -0.39 is 5.97 Å². The molecule has 1 heterocycles. The molecule has 3 N–H and O–H groups in total. The van der Waals surface area contributed by atoms with Gasteiger partial charge in [-0.25, -0.2) is 0 Å². The normalized spacial score (nSPS) is 11.6. The van der Waals surface area contributed by atoms with Crippen LogP contribution in [0.4, 0.5) is 0 Å². The summed E-state index contributed by atoms with van der Waals surface area (Å²) in [4.78, 5) is 3.55. The van der Waals surface area contributed by atoms with Gasteiger partial charge in [-0.1, -0.05) is 0 Å². The predicted molar refractivity (Wildman–Crippen MR) is 40.3 cm³/mol. The molecule has 0 amide bonds. The molecule has 1 aromatic rings. The number of aromatic nitrogens is 1. The lowest BCUT2D eigenvalue weighted by Crippen LogP contribution is -2.25. The van der Waals surface area contributed by atoms with Crippen LogP contribution >= 0.6 is 15.9 Å². The van der Waals surface area contributed by atoms with E-state index in [4.69, 9.17) is 15.3 Å². The molecule has 5 heteroatoms. The van der Waals surface area contributed by atoms with E-state index in [0.717, 1.165) is 0 Å². The lowest BCUT2D eigenvalue weighted by atomic mass is 10.3. The fraction of sp³-hybridized carbons (Fsp3) is 0.167. The van der Waals surface area contributed by atoms with Gasteiger partial charge >= 0.3 is 5.97 Å². The number of aliphatic hydroxyl groups is 3. The van der Waals surface area contributed by atoms with Crippen LogP contribution in [-0.4, -0.2) is 20.3 Å². The third kappa shape index (κ3) is 1.97. The average molecular weight is 220 g/mol. The highest BCUT2D eigenvalue weighted by molar-refractivity contribution is 9.10. The van der Waals surface area contributed by atoms with Crippen molar-refractivity contribution in [2.24, 2.45) is 0 Å². The van der Waals surface area contributed by atoms with Gasteiger partial charge in [0.1, 0.15) is 5.69 Å². The summed E-state index contributed by atoms with van der Waals surface area (Å²) in [6.07, 6.45) is 1.34. The Labute approximate surface area is 71.3 Å². The molecule has 0 aromatic carbocycles. The monoisotopic (exact) mass is 219 g/mol. The van der Waals surface area contributed by atoms with Crippen molar-refractivity contribution in [3.05, 3.63) is 28.5 Å². The molecule has 0 aliphatic carbocycles. The second-order valence-corrected chi connectivity index (χ2v) is 2.82. The first kappa shape index (κ1) is 8.61. The molecule has 11 heavy (non-hydrogen) atoms. The molecule has 1 aromatic heterocycles. The Bertz CT molecular complexity index is 258. The van der Waals surface area contributed by atoms with Crippen LogP contribution in [0.2, 0.25) is 0 Å². The van der Waals surface area contributed by atoms with Gasteiger partial charge in [0.05, 0.1) is 0 Å². The first-order valence-corrected chi connectivity index (χ1v) is 3.59. The predicted octanol–water partition coefficient (Wildman–Crippen LogP) is -0.0687. The van der Waals surface area contributed by atoms with Crippen molar-refractivity contribution in [3.63, 3.8) is 0 Å². The van der Waals surface area contributed by atoms with Crippen LogP contribution in [0.3, 0.4) is 0 Å². The van der Waals surface area contributed by atoms with Gasteiger partial charge in [-0.15, -0.1) is 0 Å². The summed E-state index contributed by atoms with van der Waals surface area (Å²) in [5.41, 5.74) is -0.222. The Morgan fingerprint density at radius 1 is 1.36 bits per heavy atom. The first-order valence-electron chi connectivity index (χ1n) is 2.80. The number of halogens is 1. The summed E-state index contributed by atoms with van der Waals surface area (Å²) >= 11 is 2.99. The second-order valence-electron chi connectivity index (χ2n) is 1.97. The van der Waals surface area contributed by atoms with Crippen molar-refractivity contribution in [1.82, 2.24) is 4.98 Å². The number of nitrogens with zero attached hydrogens (tertiary/aromatic N) is 1. The van der Waals surface area contributed by atoms with Gasteiger partial charge in [0.15, 0.2) is 0 Å². The molecular weight excluding hydrogens is 214 g/mol. The van der Waals surface area contributed by atoms with E-state index in [1.807, 2.05) is 0 Å². The minimum absolute atomic E-state index is 0.222. The highest BCUT2D eigenvalue weighted by Gasteiger charge is 2.25. The van der Waals surface area contributed by atoms with Crippen LogP contribution in [0.5, 0.6) is 0 Å². The van der Waals surface area contributed by atoms with Crippen LogP contribution in [0.25, 0.3) is 0 Å². The smallest absolute Gasteiger partial charge is 0.323 e. The molecule has 0 bridgehead atoms. The molecule has 0 aliphatic rings. The van der Waals surface area contributed by atoms with Gasteiger partial charge in [-0.05, 0) is 28.1 Å². The van der Waals surface area contributed by atoms with Crippen LogP contribution < -0.4 is 0 Å². The zero-order valence-corrected chi connectivity index (χ0v) is 6.98. The van der Waals surface area contributed by atoms with Crippen LogP contribution in [0, 0.1) is 0 Å². The molecule has 0 saturated heterocycles. The molecule has 4 nitrogen and oxygen atoms in total. The number of hydrogen-bond donors (Lipinski definition) is 3. The molecule has 0 aliphatic heterocycles. The van der Waals surface area contributed by atoms with Crippen molar-refractivity contribution >= 4 is 15.9 Å². The van der Waals surface area contributed by atoms with E-state index in [-0.39, 0.29) is 5.69 Å². The molecule has 1 rings (SSSR count). The summed E-state index contributed by atoms with van der Waals surface area (Å²) in [5, 5.41) is 26.1. The van der Waals surface area contributed by atoms with Crippen LogP contribution in [0.1, 0.15) is 5.69 Å². The zero-order chi connectivity index (χ0) is 8.48. The lowest BCUT2D eigenvalue weighted by Gasteiger charge is -2.13. The minimum atomic E-state index is -2.87. The topological polar surface area (TPSA) is 73.6 Å². The van der Waals surface area contributed by atoms with Gasteiger partial charge in [0, 0.05) is 10.7 Å².